The molecule has 1 fully saturated rings. The summed E-state index contributed by atoms with van der Waals surface area (Å²) in [6, 6.07) is 6.69. The molecule has 0 aliphatic carbocycles. The highest BCUT2D eigenvalue weighted by Crippen LogP contribution is 2.34. The summed E-state index contributed by atoms with van der Waals surface area (Å²) < 4.78 is 3.79. The monoisotopic (exact) mass is 296 g/mol. The van der Waals surface area contributed by atoms with Gasteiger partial charge in [0.15, 0.2) is 0 Å². The van der Waals surface area contributed by atoms with E-state index in [1.54, 1.807) is 0 Å². The average Bonchev–Trinajstić information content (AvgIpc) is 3.10. The van der Waals surface area contributed by atoms with E-state index in [-0.39, 0.29) is 0 Å². The molecule has 114 valence electrons. The molecule has 0 radical (unpaired) electrons. The number of aryl methyl sites for hydroxylation is 1. The molecule has 0 saturated carbocycles. The van der Waals surface area contributed by atoms with Gasteiger partial charge in [-0.25, -0.2) is 4.52 Å². The molecule has 1 saturated heterocycles. The first-order valence-corrected chi connectivity index (χ1v) is 7.67. The molecule has 1 aliphatic heterocycles. The van der Waals surface area contributed by atoms with Gasteiger partial charge in [0, 0.05) is 50.7 Å². The third-order valence-corrected chi connectivity index (χ3v) is 4.18. The van der Waals surface area contributed by atoms with Crippen LogP contribution < -0.4 is 10.2 Å². The van der Waals surface area contributed by atoms with Crippen molar-refractivity contribution in [2.24, 2.45) is 7.05 Å². The highest BCUT2D eigenvalue weighted by molar-refractivity contribution is 5.87. The van der Waals surface area contributed by atoms with Gasteiger partial charge in [-0.2, -0.15) is 10.2 Å². The number of fused-ring (bicyclic) bond motifs is 1. The zero-order valence-electron chi connectivity index (χ0n) is 12.9. The fourth-order valence-electron chi connectivity index (χ4n) is 3.17. The number of rotatable bonds is 2. The average molecular weight is 296 g/mol. The quantitative estimate of drug-likeness (QED) is 0.779. The van der Waals surface area contributed by atoms with Gasteiger partial charge in [-0.05, 0) is 19.1 Å². The molecular formula is C16H20N6. The van der Waals surface area contributed by atoms with Crippen LogP contribution in [-0.2, 0) is 7.05 Å². The molecule has 1 atom stereocenters. The minimum atomic E-state index is 0.481. The predicted molar refractivity (Wildman–Crippen MR) is 87.1 cm³/mol. The van der Waals surface area contributed by atoms with E-state index in [0.29, 0.717) is 6.04 Å². The lowest BCUT2D eigenvalue weighted by Crippen LogP contribution is -2.49. The smallest absolute Gasteiger partial charge is 0.120 e. The molecular weight excluding hydrogens is 276 g/mol. The third-order valence-electron chi connectivity index (χ3n) is 4.18. The summed E-state index contributed by atoms with van der Waals surface area (Å²) in [5.74, 6) is 0. The zero-order chi connectivity index (χ0) is 15.1. The minimum absolute atomic E-state index is 0.481. The summed E-state index contributed by atoms with van der Waals surface area (Å²) >= 11 is 0. The van der Waals surface area contributed by atoms with Crippen LogP contribution in [0, 0.1) is 0 Å². The van der Waals surface area contributed by atoms with E-state index < -0.39 is 0 Å². The van der Waals surface area contributed by atoms with Crippen molar-refractivity contribution in [2.45, 2.75) is 13.0 Å². The van der Waals surface area contributed by atoms with Gasteiger partial charge in [-0.15, -0.1) is 0 Å². The Labute approximate surface area is 129 Å². The van der Waals surface area contributed by atoms with Crippen molar-refractivity contribution in [1.29, 1.82) is 0 Å². The first-order chi connectivity index (χ1) is 10.7. The van der Waals surface area contributed by atoms with E-state index in [9.17, 15) is 0 Å². The van der Waals surface area contributed by atoms with Crippen LogP contribution in [-0.4, -0.2) is 45.1 Å². The van der Waals surface area contributed by atoms with Gasteiger partial charge in [-0.3, -0.25) is 4.68 Å². The van der Waals surface area contributed by atoms with Gasteiger partial charge in [0.05, 0.1) is 17.4 Å². The molecule has 4 rings (SSSR count). The lowest BCUT2D eigenvalue weighted by Gasteiger charge is -2.33. The van der Waals surface area contributed by atoms with Crippen LogP contribution in [0.3, 0.4) is 0 Å². The Morgan fingerprint density at radius 1 is 1.32 bits per heavy atom. The Bertz CT molecular complexity index is 802. The van der Waals surface area contributed by atoms with Crippen molar-refractivity contribution in [3.63, 3.8) is 0 Å². The molecule has 1 unspecified atom stereocenters. The molecule has 1 aliphatic rings. The second-order valence-electron chi connectivity index (χ2n) is 5.93. The second-order valence-corrected chi connectivity index (χ2v) is 5.93. The van der Waals surface area contributed by atoms with Crippen molar-refractivity contribution in [3.8, 4) is 11.3 Å². The van der Waals surface area contributed by atoms with Gasteiger partial charge < -0.3 is 10.2 Å². The van der Waals surface area contributed by atoms with Crippen LogP contribution in [0.5, 0.6) is 0 Å². The van der Waals surface area contributed by atoms with Crippen molar-refractivity contribution in [3.05, 3.63) is 36.8 Å². The first kappa shape index (κ1) is 13.3. The largest absolute Gasteiger partial charge is 0.365 e. The number of piperazine rings is 1. The Balaban J connectivity index is 1.90. The fourth-order valence-corrected chi connectivity index (χ4v) is 3.17. The van der Waals surface area contributed by atoms with E-state index in [2.05, 4.69) is 34.4 Å². The molecule has 3 aromatic rings. The number of anilines is 1. The summed E-state index contributed by atoms with van der Waals surface area (Å²) in [7, 11) is 1.94. The summed E-state index contributed by atoms with van der Waals surface area (Å²) in [6.07, 6.45) is 5.91. The van der Waals surface area contributed by atoms with Crippen molar-refractivity contribution < 1.29 is 0 Å². The maximum Gasteiger partial charge on any atom is 0.120 e. The molecule has 1 N–H and O–H groups in total. The Morgan fingerprint density at radius 2 is 2.23 bits per heavy atom. The normalized spacial score (nSPS) is 19.0. The SMILES string of the molecule is CC1CN(c2c(-c3cnn(C)c3)nn3ccccc23)CCN1. The van der Waals surface area contributed by atoms with Crippen LogP contribution >= 0.6 is 0 Å². The molecule has 0 aromatic carbocycles. The van der Waals surface area contributed by atoms with Crippen LogP contribution in [0.25, 0.3) is 16.8 Å². The molecule has 0 spiro atoms. The maximum absolute atomic E-state index is 4.80. The van der Waals surface area contributed by atoms with E-state index in [1.165, 1.54) is 5.69 Å². The Hall–Kier alpha value is -2.34. The van der Waals surface area contributed by atoms with E-state index >= 15 is 0 Å². The minimum Gasteiger partial charge on any atom is -0.365 e. The van der Waals surface area contributed by atoms with Gasteiger partial charge in [0.2, 0.25) is 0 Å². The topological polar surface area (TPSA) is 50.4 Å². The van der Waals surface area contributed by atoms with E-state index in [1.807, 2.05) is 40.9 Å². The van der Waals surface area contributed by atoms with Crippen LogP contribution in [0.2, 0.25) is 0 Å². The Kier molecular flexibility index (Phi) is 3.11. The molecule has 3 aromatic heterocycles. The molecule has 6 heteroatoms. The first-order valence-electron chi connectivity index (χ1n) is 7.67. The number of nitrogens with one attached hydrogen (secondary N) is 1. The van der Waals surface area contributed by atoms with Gasteiger partial charge in [0.25, 0.3) is 0 Å². The van der Waals surface area contributed by atoms with Crippen LogP contribution in [0.4, 0.5) is 5.69 Å². The van der Waals surface area contributed by atoms with E-state index in [0.717, 1.165) is 36.4 Å². The highest BCUT2D eigenvalue weighted by Gasteiger charge is 2.24. The van der Waals surface area contributed by atoms with Crippen molar-refractivity contribution in [2.75, 3.05) is 24.5 Å². The number of aromatic nitrogens is 4. The summed E-state index contributed by atoms with van der Waals surface area (Å²) in [4.78, 5) is 2.44. The van der Waals surface area contributed by atoms with Crippen molar-refractivity contribution >= 4 is 11.2 Å². The fraction of sp³-hybridized carbons (Fsp3) is 0.375. The molecule has 4 heterocycles. The molecule has 0 bridgehead atoms. The van der Waals surface area contributed by atoms with Gasteiger partial charge in [0.1, 0.15) is 5.69 Å². The summed E-state index contributed by atoms with van der Waals surface area (Å²) in [5, 5.41) is 12.6. The van der Waals surface area contributed by atoms with Crippen LogP contribution in [0.1, 0.15) is 6.92 Å². The number of nitrogens with zero attached hydrogens (tertiary/aromatic N) is 5. The molecule has 0 amide bonds. The summed E-state index contributed by atoms with van der Waals surface area (Å²) in [5.41, 5.74) is 4.43. The standard InChI is InChI=1S/C16H20N6/c1-12-10-21(8-6-17-12)16-14-5-3-4-7-22(14)19-15(16)13-9-18-20(2)11-13/h3-5,7,9,11-12,17H,6,8,10H2,1-2H3. The maximum atomic E-state index is 4.80. The zero-order valence-corrected chi connectivity index (χ0v) is 12.9. The summed E-state index contributed by atoms with van der Waals surface area (Å²) in [6.45, 7) is 5.21. The number of pyridine rings is 1. The predicted octanol–water partition coefficient (Wildman–Crippen LogP) is 1.53. The second kappa shape index (κ2) is 5.14. The van der Waals surface area contributed by atoms with Crippen molar-refractivity contribution in [1.82, 2.24) is 24.7 Å². The lowest BCUT2D eigenvalue weighted by molar-refractivity contribution is 0.485. The highest BCUT2D eigenvalue weighted by atomic mass is 15.3. The lowest BCUT2D eigenvalue weighted by atomic mass is 10.1. The van der Waals surface area contributed by atoms with Crippen LogP contribution in [0.15, 0.2) is 36.8 Å². The van der Waals surface area contributed by atoms with E-state index in [4.69, 9.17) is 5.10 Å². The van der Waals surface area contributed by atoms with Gasteiger partial charge in [-0.1, -0.05) is 6.07 Å². The Morgan fingerprint density at radius 3 is 3.00 bits per heavy atom. The third kappa shape index (κ3) is 2.16. The molecule has 22 heavy (non-hydrogen) atoms. The number of hydrogen-bond acceptors (Lipinski definition) is 4. The molecule has 6 nitrogen and oxygen atoms in total. The van der Waals surface area contributed by atoms with Gasteiger partial charge >= 0.3 is 0 Å². The number of hydrogen-bond donors (Lipinski definition) is 1.